The first-order valence-electron chi connectivity index (χ1n) is 13.2. The van der Waals surface area contributed by atoms with Gasteiger partial charge >= 0.3 is 0 Å². The van der Waals surface area contributed by atoms with Gasteiger partial charge < -0.3 is 10.3 Å². The van der Waals surface area contributed by atoms with Crippen molar-refractivity contribution in [3.05, 3.63) is 66.5 Å². The third-order valence-corrected chi connectivity index (χ3v) is 7.41. The SMILES string of the molecule is Cc1cn(-c2nccc3[nH]c(-c4n[nH]c5cnc(-c6cncc(CNCC7CCCC7)c6)c(F)c45)nc23)cn1. The molecule has 0 unspecified atom stereocenters. The third kappa shape index (κ3) is 4.34. The maximum absolute atomic E-state index is 16.1. The molecule has 196 valence electrons. The molecule has 0 amide bonds. The predicted octanol–water partition coefficient (Wildman–Crippen LogP) is 4.87. The number of aromatic amines is 2. The summed E-state index contributed by atoms with van der Waals surface area (Å²) in [4.78, 5) is 25.6. The number of rotatable bonds is 7. The molecular formula is C28H27FN10. The van der Waals surface area contributed by atoms with Gasteiger partial charge in [0, 0.05) is 36.9 Å². The zero-order chi connectivity index (χ0) is 26.3. The molecule has 0 atom stereocenters. The van der Waals surface area contributed by atoms with Crippen molar-refractivity contribution in [2.24, 2.45) is 5.92 Å². The Labute approximate surface area is 223 Å². The lowest BCUT2D eigenvalue weighted by molar-refractivity contribution is 0.489. The highest BCUT2D eigenvalue weighted by molar-refractivity contribution is 5.95. The standard InChI is InChI=1S/C28H27FN10/c1-16-14-39(15-34-16)28-25-20(6-7-32-28)35-27(36-25)26-22-21(37-38-26)13-33-24(23(22)29)19-8-18(11-31-12-19)10-30-9-17-4-2-3-5-17/h6-8,11-15,17,30H,2-5,9-10H2,1H3,(H,35,36)(H,37,38). The molecule has 1 fully saturated rings. The number of fused-ring (bicyclic) bond motifs is 2. The van der Waals surface area contributed by atoms with Crippen LogP contribution in [-0.2, 0) is 6.54 Å². The Morgan fingerprint density at radius 3 is 2.82 bits per heavy atom. The Morgan fingerprint density at radius 2 is 1.97 bits per heavy atom. The fourth-order valence-corrected chi connectivity index (χ4v) is 5.46. The maximum Gasteiger partial charge on any atom is 0.166 e. The van der Waals surface area contributed by atoms with Crippen LogP contribution in [0.5, 0.6) is 0 Å². The average molecular weight is 523 g/mol. The van der Waals surface area contributed by atoms with Crippen molar-refractivity contribution in [1.82, 2.24) is 50.0 Å². The number of aromatic nitrogens is 9. The van der Waals surface area contributed by atoms with E-state index in [1.54, 1.807) is 24.9 Å². The van der Waals surface area contributed by atoms with E-state index >= 15 is 4.39 Å². The maximum atomic E-state index is 16.1. The molecule has 3 N–H and O–H groups in total. The molecular weight excluding hydrogens is 495 g/mol. The normalized spacial score (nSPS) is 14.2. The van der Waals surface area contributed by atoms with E-state index in [2.05, 4.69) is 40.4 Å². The van der Waals surface area contributed by atoms with Gasteiger partial charge in [0.05, 0.1) is 28.3 Å². The highest BCUT2D eigenvalue weighted by Gasteiger charge is 2.22. The smallest absolute Gasteiger partial charge is 0.166 e. The van der Waals surface area contributed by atoms with Gasteiger partial charge in [-0.3, -0.25) is 19.6 Å². The molecule has 6 heterocycles. The molecule has 1 saturated carbocycles. The second-order valence-electron chi connectivity index (χ2n) is 10.2. The van der Waals surface area contributed by atoms with E-state index in [1.165, 1.54) is 25.7 Å². The summed E-state index contributed by atoms with van der Waals surface area (Å²) in [6.07, 6.45) is 15.5. The molecule has 0 bridgehead atoms. The van der Waals surface area contributed by atoms with Gasteiger partial charge in [0.25, 0.3) is 0 Å². The minimum atomic E-state index is -0.474. The minimum Gasteiger partial charge on any atom is -0.336 e. The first-order chi connectivity index (χ1) is 19.1. The van der Waals surface area contributed by atoms with E-state index in [4.69, 9.17) is 4.98 Å². The number of nitrogens with one attached hydrogen (secondary N) is 3. The van der Waals surface area contributed by atoms with Crippen molar-refractivity contribution in [3.63, 3.8) is 0 Å². The number of aryl methyl sites for hydroxylation is 1. The predicted molar refractivity (Wildman–Crippen MR) is 145 cm³/mol. The summed E-state index contributed by atoms with van der Waals surface area (Å²) in [5, 5.41) is 11.1. The molecule has 0 aromatic carbocycles. The van der Waals surface area contributed by atoms with Gasteiger partial charge in [0.15, 0.2) is 17.5 Å². The minimum absolute atomic E-state index is 0.225. The van der Waals surface area contributed by atoms with Crippen molar-refractivity contribution in [3.8, 4) is 28.6 Å². The van der Waals surface area contributed by atoms with Gasteiger partial charge in [-0.1, -0.05) is 12.8 Å². The summed E-state index contributed by atoms with van der Waals surface area (Å²) in [5.41, 5.74) is 4.96. The van der Waals surface area contributed by atoms with Gasteiger partial charge in [-0.05, 0) is 49.9 Å². The Kier molecular flexibility index (Phi) is 5.85. The number of hydrogen-bond donors (Lipinski definition) is 3. The van der Waals surface area contributed by atoms with Crippen molar-refractivity contribution >= 4 is 21.9 Å². The van der Waals surface area contributed by atoms with Crippen LogP contribution in [-0.4, -0.2) is 51.2 Å². The van der Waals surface area contributed by atoms with Crippen molar-refractivity contribution in [2.45, 2.75) is 39.2 Å². The molecule has 6 aromatic rings. The molecule has 0 saturated heterocycles. The van der Waals surface area contributed by atoms with Gasteiger partial charge in [0.1, 0.15) is 23.2 Å². The van der Waals surface area contributed by atoms with Crippen LogP contribution in [0.2, 0.25) is 0 Å². The fourth-order valence-electron chi connectivity index (χ4n) is 5.46. The van der Waals surface area contributed by atoms with E-state index < -0.39 is 5.82 Å². The van der Waals surface area contributed by atoms with E-state index in [1.807, 2.05) is 36.0 Å². The molecule has 6 aromatic heterocycles. The Balaban J connectivity index is 1.23. The monoisotopic (exact) mass is 522 g/mol. The summed E-state index contributed by atoms with van der Waals surface area (Å²) in [7, 11) is 0. The van der Waals surface area contributed by atoms with Crippen LogP contribution in [0.4, 0.5) is 4.39 Å². The average Bonchev–Trinajstić information content (AvgIpc) is 3.75. The number of nitrogens with zero attached hydrogens (tertiary/aromatic N) is 7. The second kappa shape index (κ2) is 9.66. The molecule has 11 heteroatoms. The largest absolute Gasteiger partial charge is 0.336 e. The lowest BCUT2D eigenvalue weighted by atomic mass is 10.1. The molecule has 0 aliphatic heterocycles. The zero-order valence-electron chi connectivity index (χ0n) is 21.4. The molecule has 39 heavy (non-hydrogen) atoms. The lowest BCUT2D eigenvalue weighted by Gasteiger charge is -2.11. The quantitative estimate of drug-likeness (QED) is 0.273. The van der Waals surface area contributed by atoms with Gasteiger partial charge in [0.2, 0.25) is 0 Å². The Bertz CT molecular complexity index is 1790. The third-order valence-electron chi connectivity index (χ3n) is 7.41. The first-order valence-corrected chi connectivity index (χ1v) is 13.2. The first kappa shape index (κ1) is 23.6. The summed E-state index contributed by atoms with van der Waals surface area (Å²) in [5.74, 6) is 1.33. The number of halogens is 1. The van der Waals surface area contributed by atoms with E-state index in [-0.39, 0.29) is 5.69 Å². The van der Waals surface area contributed by atoms with Crippen LogP contribution < -0.4 is 5.32 Å². The molecule has 1 aliphatic carbocycles. The zero-order valence-corrected chi connectivity index (χ0v) is 21.4. The topological polar surface area (TPSA) is 126 Å². The van der Waals surface area contributed by atoms with Crippen LogP contribution in [0.3, 0.4) is 0 Å². The summed E-state index contributed by atoms with van der Waals surface area (Å²) >= 11 is 0. The summed E-state index contributed by atoms with van der Waals surface area (Å²) in [6, 6.07) is 3.77. The molecule has 10 nitrogen and oxygen atoms in total. The number of imidazole rings is 2. The van der Waals surface area contributed by atoms with Crippen LogP contribution in [0, 0.1) is 18.7 Å². The Morgan fingerprint density at radius 1 is 1.08 bits per heavy atom. The van der Waals surface area contributed by atoms with Gasteiger partial charge in [-0.15, -0.1) is 0 Å². The number of pyridine rings is 3. The fraction of sp³-hybridized carbons (Fsp3) is 0.286. The second-order valence-corrected chi connectivity index (χ2v) is 10.2. The van der Waals surface area contributed by atoms with Crippen molar-refractivity contribution in [2.75, 3.05) is 6.54 Å². The van der Waals surface area contributed by atoms with Crippen LogP contribution in [0.15, 0.2) is 49.4 Å². The molecule has 0 spiro atoms. The molecule has 7 rings (SSSR count). The van der Waals surface area contributed by atoms with Crippen molar-refractivity contribution in [1.29, 1.82) is 0 Å². The molecule has 1 aliphatic rings. The summed E-state index contributed by atoms with van der Waals surface area (Å²) < 4.78 is 17.9. The van der Waals surface area contributed by atoms with Crippen molar-refractivity contribution < 1.29 is 4.39 Å². The number of H-pyrrole nitrogens is 2. The van der Waals surface area contributed by atoms with E-state index in [0.717, 1.165) is 29.2 Å². The molecule has 0 radical (unpaired) electrons. The van der Waals surface area contributed by atoms with E-state index in [9.17, 15) is 0 Å². The number of hydrogen-bond acceptors (Lipinski definition) is 7. The van der Waals surface area contributed by atoms with Crippen LogP contribution in [0.1, 0.15) is 36.9 Å². The highest BCUT2D eigenvalue weighted by atomic mass is 19.1. The van der Waals surface area contributed by atoms with E-state index in [0.29, 0.717) is 45.9 Å². The highest BCUT2D eigenvalue weighted by Crippen LogP contribution is 2.33. The van der Waals surface area contributed by atoms with Crippen LogP contribution >= 0.6 is 0 Å². The Hall–Kier alpha value is -4.51. The lowest BCUT2D eigenvalue weighted by Crippen LogP contribution is -2.20. The van der Waals surface area contributed by atoms with Gasteiger partial charge in [-0.25, -0.2) is 19.3 Å². The van der Waals surface area contributed by atoms with Gasteiger partial charge in [-0.2, -0.15) is 5.10 Å². The van der Waals surface area contributed by atoms with Crippen LogP contribution in [0.25, 0.3) is 50.5 Å². The summed E-state index contributed by atoms with van der Waals surface area (Å²) in [6.45, 7) is 3.59.